The molecule has 2 heterocycles. The van der Waals surface area contributed by atoms with Gasteiger partial charge >= 0.3 is 5.97 Å². The monoisotopic (exact) mass is 418 g/mol. The number of hydroxylamine groups is 2. The predicted octanol–water partition coefficient (Wildman–Crippen LogP) is 3.14. The molecule has 5 rings (SSSR count). The van der Waals surface area contributed by atoms with Crippen molar-refractivity contribution >= 4 is 29.4 Å². The van der Waals surface area contributed by atoms with Crippen LogP contribution in [0, 0.1) is 11.8 Å². The quantitative estimate of drug-likeness (QED) is 0.715. The predicted molar refractivity (Wildman–Crippen MR) is 111 cm³/mol. The minimum Gasteiger partial charge on any atom is -0.329 e. The summed E-state index contributed by atoms with van der Waals surface area (Å²) in [7, 11) is 0. The van der Waals surface area contributed by atoms with E-state index in [4.69, 9.17) is 4.84 Å². The van der Waals surface area contributed by atoms with E-state index in [9.17, 15) is 19.2 Å². The minimum atomic E-state index is -0.694. The van der Waals surface area contributed by atoms with Gasteiger partial charge in [-0.25, -0.2) is 4.79 Å². The van der Waals surface area contributed by atoms with Gasteiger partial charge in [-0.3, -0.25) is 14.4 Å². The van der Waals surface area contributed by atoms with Crippen molar-refractivity contribution in [3.63, 3.8) is 0 Å². The summed E-state index contributed by atoms with van der Waals surface area (Å²) in [6.07, 6.45) is 3.51. The highest BCUT2D eigenvalue weighted by Crippen LogP contribution is 2.37. The molecule has 1 fully saturated rings. The molecule has 0 saturated heterocycles. The molecule has 3 aliphatic rings. The number of amides is 3. The summed E-state index contributed by atoms with van der Waals surface area (Å²) in [5.41, 5.74) is 2.44. The van der Waals surface area contributed by atoms with Crippen LogP contribution < -0.4 is 4.90 Å². The average molecular weight is 418 g/mol. The van der Waals surface area contributed by atoms with Crippen LogP contribution in [0.5, 0.6) is 0 Å². The van der Waals surface area contributed by atoms with Gasteiger partial charge in [-0.1, -0.05) is 48.2 Å². The van der Waals surface area contributed by atoms with Gasteiger partial charge in [0.2, 0.25) is 5.91 Å². The second-order valence-corrected chi connectivity index (χ2v) is 8.23. The first-order valence-corrected chi connectivity index (χ1v) is 10.6. The minimum absolute atomic E-state index is 0.0889. The summed E-state index contributed by atoms with van der Waals surface area (Å²) in [5, 5.41) is 0.536. The van der Waals surface area contributed by atoms with E-state index in [1.165, 1.54) is 12.1 Å². The van der Waals surface area contributed by atoms with Crippen LogP contribution in [0.2, 0.25) is 0 Å². The van der Waals surface area contributed by atoms with Crippen molar-refractivity contribution in [3.8, 4) is 0 Å². The van der Waals surface area contributed by atoms with Gasteiger partial charge in [0.05, 0.1) is 23.0 Å². The Bertz CT molecular complexity index is 1060. The molecule has 2 atom stereocenters. The van der Waals surface area contributed by atoms with Crippen molar-refractivity contribution in [1.29, 1.82) is 0 Å². The Morgan fingerprint density at radius 2 is 1.45 bits per heavy atom. The molecule has 2 aliphatic heterocycles. The number of hydrogen-bond acceptors (Lipinski definition) is 5. The van der Waals surface area contributed by atoms with Crippen molar-refractivity contribution in [1.82, 2.24) is 5.06 Å². The van der Waals surface area contributed by atoms with Crippen molar-refractivity contribution in [2.75, 3.05) is 11.4 Å². The number of para-hydroxylation sites is 1. The number of benzene rings is 2. The fraction of sp³-hybridized carbons (Fsp3) is 0.333. The molecule has 0 aromatic heterocycles. The largest absolute Gasteiger partial charge is 0.337 e. The SMILES string of the molecule is O=C(ON1C(=O)c2ccccc2C1=O)C1CCCCC1C(=O)N1CCc2ccccc21. The molecule has 2 aromatic carbocycles. The summed E-state index contributed by atoms with van der Waals surface area (Å²) in [4.78, 5) is 58.6. The summed E-state index contributed by atoms with van der Waals surface area (Å²) in [5.74, 6) is -3.29. The van der Waals surface area contributed by atoms with Crippen LogP contribution in [0.25, 0.3) is 0 Å². The zero-order valence-corrected chi connectivity index (χ0v) is 17.0. The number of imide groups is 1. The third-order valence-corrected chi connectivity index (χ3v) is 6.48. The summed E-state index contributed by atoms with van der Waals surface area (Å²) in [6.45, 7) is 0.592. The fourth-order valence-corrected chi connectivity index (χ4v) is 4.88. The van der Waals surface area contributed by atoms with E-state index in [1.54, 1.807) is 17.0 Å². The van der Waals surface area contributed by atoms with Gasteiger partial charge in [-0.15, -0.1) is 0 Å². The molecule has 1 saturated carbocycles. The first kappa shape index (κ1) is 19.5. The van der Waals surface area contributed by atoms with E-state index in [-0.39, 0.29) is 17.0 Å². The van der Waals surface area contributed by atoms with Crippen LogP contribution in [0.15, 0.2) is 48.5 Å². The first-order valence-electron chi connectivity index (χ1n) is 10.6. The Hall–Kier alpha value is -3.48. The maximum atomic E-state index is 13.4. The van der Waals surface area contributed by atoms with Crippen molar-refractivity contribution in [2.24, 2.45) is 11.8 Å². The number of fused-ring (bicyclic) bond motifs is 2. The van der Waals surface area contributed by atoms with Gasteiger partial charge in [0.15, 0.2) is 0 Å². The third kappa shape index (κ3) is 3.21. The zero-order chi connectivity index (χ0) is 21.5. The van der Waals surface area contributed by atoms with E-state index < -0.39 is 29.6 Å². The number of anilines is 1. The molecule has 1 aliphatic carbocycles. The Morgan fingerprint density at radius 1 is 0.839 bits per heavy atom. The summed E-state index contributed by atoms with van der Waals surface area (Å²) >= 11 is 0. The third-order valence-electron chi connectivity index (χ3n) is 6.48. The molecule has 7 nitrogen and oxygen atoms in total. The van der Waals surface area contributed by atoms with Gasteiger partial charge in [-0.2, -0.15) is 0 Å². The Balaban J connectivity index is 1.34. The smallest absolute Gasteiger partial charge is 0.329 e. The maximum absolute atomic E-state index is 13.4. The van der Waals surface area contributed by atoms with Crippen LogP contribution in [0.4, 0.5) is 5.69 Å². The van der Waals surface area contributed by atoms with Gasteiger partial charge < -0.3 is 9.74 Å². The molecule has 0 bridgehead atoms. The summed E-state index contributed by atoms with van der Waals surface area (Å²) in [6, 6.07) is 14.2. The second kappa shape index (κ2) is 7.65. The molecule has 0 radical (unpaired) electrons. The van der Waals surface area contributed by atoms with Gasteiger partial charge in [0.1, 0.15) is 0 Å². The molecule has 2 aromatic rings. The van der Waals surface area contributed by atoms with Crippen LogP contribution in [-0.2, 0) is 20.8 Å². The van der Waals surface area contributed by atoms with Crippen LogP contribution in [-0.4, -0.2) is 35.3 Å². The lowest BCUT2D eigenvalue weighted by molar-refractivity contribution is -0.177. The fourth-order valence-electron chi connectivity index (χ4n) is 4.88. The van der Waals surface area contributed by atoms with Crippen LogP contribution in [0.3, 0.4) is 0 Å². The average Bonchev–Trinajstić information content (AvgIpc) is 3.34. The van der Waals surface area contributed by atoms with Gasteiger partial charge in [-0.05, 0) is 43.0 Å². The molecular formula is C24H22N2O5. The highest BCUT2D eigenvalue weighted by molar-refractivity contribution is 6.21. The highest BCUT2D eigenvalue weighted by Gasteiger charge is 2.44. The highest BCUT2D eigenvalue weighted by atomic mass is 16.7. The van der Waals surface area contributed by atoms with Gasteiger partial charge in [0.25, 0.3) is 11.8 Å². The molecule has 0 spiro atoms. The molecule has 3 amide bonds. The molecule has 7 heteroatoms. The first-order chi connectivity index (χ1) is 15.1. The maximum Gasteiger partial charge on any atom is 0.337 e. The van der Waals surface area contributed by atoms with Crippen LogP contribution in [0.1, 0.15) is 52.0 Å². The van der Waals surface area contributed by atoms with E-state index in [1.807, 2.05) is 24.3 Å². The Kier molecular flexibility index (Phi) is 4.81. The van der Waals surface area contributed by atoms with Crippen molar-refractivity contribution < 1.29 is 24.0 Å². The van der Waals surface area contributed by atoms with E-state index >= 15 is 0 Å². The molecular weight excluding hydrogens is 396 g/mol. The van der Waals surface area contributed by atoms with Crippen molar-refractivity contribution in [3.05, 3.63) is 65.2 Å². The lowest BCUT2D eigenvalue weighted by Gasteiger charge is -2.32. The number of rotatable bonds is 3. The van der Waals surface area contributed by atoms with E-state index in [0.29, 0.717) is 24.4 Å². The zero-order valence-electron chi connectivity index (χ0n) is 17.0. The molecule has 0 N–H and O–H groups in total. The number of carbonyl (C=O) groups is 4. The Morgan fingerprint density at radius 3 is 2.16 bits per heavy atom. The number of nitrogens with zero attached hydrogens (tertiary/aromatic N) is 2. The van der Waals surface area contributed by atoms with Crippen LogP contribution >= 0.6 is 0 Å². The number of hydrogen-bond donors (Lipinski definition) is 0. The normalized spacial score (nSPS) is 22.3. The topological polar surface area (TPSA) is 84.0 Å². The standard InChI is InChI=1S/C24H22N2O5/c27-21(25-14-13-15-7-1-6-12-20(15)25)18-10-4-5-11-19(18)24(30)31-26-22(28)16-8-2-3-9-17(16)23(26)29/h1-3,6-9,12,18-19H,4-5,10-11,13-14H2. The van der Waals surface area contributed by atoms with Gasteiger partial charge in [0, 0.05) is 12.2 Å². The number of carbonyl (C=O) groups excluding carboxylic acids is 4. The van der Waals surface area contributed by atoms with Crippen molar-refractivity contribution in [2.45, 2.75) is 32.1 Å². The molecule has 31 heavy (non-hydrogen) atoms. The summed E-state index contributed by atoms with van der Waals surface area (Å²) < 4.78 is 0. The lowest BCUT2D eigenvalue weighted by atomic mass is 9.78. The second-order valence-electron chi connectivity index (χ2n) is 8.23. The molecule has 158 valence electrons. The lowest BCUT2D eigenvalue weighted by Crippen LogP contribution is -2.44. The van der Waals surface area contributed by atoms with E-state index in [0.717, 1.165) is 30.5 Å². The van der Waals surface area contributed by atoms with E-state index in [2.05, 4.69) is 0 Å². The molecule has 2 unspecified atom stereocenters. The Labute approximate surface area is 179 Å².